The average molecular weight is 323 g/mol. The number of aromatic nitrogens is 1. The number of hydrogen-bond donors (Lipinski definition) is 2. The molecule has 0 aromatic carbocycles. The number of thiazole rings is 1. The summed E-state index contributed by atoms with van der Waals surface area (Å²) < 4.78 is 24.8. The number of sulfonamides is 1. The average Bonchev–Trinajstić information content (AvgIpc) is 2.83. The van der Waals surface area contributed by atoms with Gasteiger partial charge in [0.25, 0.3) is 0 Å². The van der Waals surface area contributed by atoms with Crippen LogP contribution in [0.4, 0.5) is 0 Å². The van der Waals surface area contributed by atoms with Crippen LogP contribution < -0.4 is 10.0 Å². The molecule has 0 aliphatic rings. The first-order chi connectivity index (χ1) is 8.92. The van der Waals surface area contributed by atoms with Gasteiger partial charge in [0.2, 0.25) is 15.9 Å². The Morgan fingerprint density at radius 2 is 2.32 bits per heavy atom. The zero-order chi connectivity index (χ0) is 14.3. The van der Waals surface area contributed by atoms with Crippen LogP contribution in [-0.2, 0) is 21.4 Å². The fourth-order valence-corrected chi connectivity index (χ4v) is 3.13. The predicted octanol–water partition coefficient (Wildman–Crippen LogP) is 0.430. The highest BCUT2D eigenvalue weighted by atomic mass is 32.2. The summed E-state index contributed by atoms with van der Waals surface area (Å²) >= 11 is 3.01. The summed E-state index contributed by atoms with van der Waals surface area (Å²) in [4.78, 5) is 16.0. The molecule has 1 aromatic heterocycles. The Labute approximate surface area is 121 Å². The van der Waals surface area contributed by atoms with Crippen molar-refractivity contribution in [1.82, 2.24) is 15.0 Å². The summed E-state index contributed by atoms with van der Waals surface area (Å²) in [5, 5.41) is 4.52. The maximum atomic E-state index is 12.0. The van der Waals surface area contributed by atoms with Gasteiger partial charge in [-0.15, -0.1) is 11.3 Å². The van der Waals surface area contributed by atoms with Gasteiger partial charge in [-0.2, -0.15) is 11.8 Å². The molecule has 0 fully saturated rings. The Morgan fingerprint density at radius 1 is 1.58 bits per heavy atom. The summed E-state index contributed by atoms with van der Waals surface area (Å²) in [6.07, 6.45) is 3.41. The van der Waals surface area contributed by atoms with Crippen LogP contribution in [0.25, 0.3) is 0 Å². The second-order valence-corrected chi connectivity index (χ2v) is 7.41. The standard InChI is InChI=1S/C10H17N3O3S3/c1-17-4-3-9(13-19(2,15)16)10(14)11-5-8-6-18-7-12-8/h6-7,9,13H,3-5H2,1-2H3,(H,11,14)/t9-/m0/s1. The van der Waals surface area contributed by atoms with Gasteiger partial charge in [-0.05, 0) is 18.4 Å². The van der Waals surface area contributed by atoms with Crippen molar-refractivity contribution in [2.75, 3.05) is 18.3 Å². The first-order valence-electron chi connectivity index (χ1n) is 5.53. The number of carbonyl (C=O) groups is 1. The molecule has 1 heterocycles. The molecule has 0 radical (unpaired) electrons. The third-order valence-electron chi connectivity index (χ3n) is 2.21. The third-order valence-corrected chi connectivity index (χ3v) is 4.20. The molecule has 6 nitrogen and oxygen atoms in total. The lowest BCUT2D eigenvalue weighted by atomic mass is 10.2. The van der Waals surface area contributed by atoms with Crippen molar-refractivity contribution in [3.05, 3.63) is 16.6 Å². The molecule has 1 atom stereocenters. The molecule has 2 N–H and O–H groups in total. The van der Waals surface area contributed by atoms with Gasteiger partial charge in [0.05, 0.1) is 24.0 Å². The normalized spacial score (nSPS) is 13.2. The van der Waals surface area contributed by atoms with E-state index < -0.39 is 16.1 Å². The minimum atomic E-state index is -3.40. The Kier molecular flexibility index (Phi) is 6.76. The van der Waals surface area contributed by atoms with Crippen molar-refractivity contribution in [3.63, 3.8) is 0 Å². The number of thioether (sulfide) groups is 1. The van der Waals surface area contributed by atoms with E-state index in [0.29, 0.717) is 18.7 Å². The van der Waals surface area contributed by atoms with Crippen LogP contribution in [0.15, 0.2) is 10.9 Å². The second kappa shape index (κ2) is 7.83. The van der Waals surface area contributed by atoms with Crippen molar-refractivity contribution in [2.45, 2.75) is 19.0 Å². The number of hydrogen-bond acceptors (Lipinski definition) is 6. The van der Waals surface area contributed by atoms with E-state index in [1.807, 2.05) is 11.6 Å². The first-order valence-corrected chi connectivity index (χ1v) is 9.76. The predicted molar refractivity (Wildman–Crippen MR) is 78.7 cm³/mol. The smallest absolute Gasteiger partial charge is 0.238 e. The number of amides is 1. The molecule has 0 spiro atoms. The molecule has 1 aromatic rings. The molecular weight excluding hydrogens is 306 g/mol. The Bertz CT molecular complexity index is 487. The fourth-order valence-electron chi connectivity index (χ4n) is 1.36. The van der Waals surface area contributed by atoms with Crippen molar-refractivity contribution in [3.8, 4) is 0 Å². The molecule has 1 rings (SSSR count). The molecular formula is C10H17N3O3S3. The van der Waals surface area contributed by atoms with Crippen molar-refractivity contribution in [2.24, 2.45) is 0 Å². The number of carbonyl (C=O) groups excluding carboxylic acids is 1. The summed E-state index contributed by atoms with van der Waals surface area (Å²) in [6, 6.07) is -0.735. The highest BCUT2D eigenvalue weighted by Crippen LogP contribution is 2.04. The van der Waals surface area contributed by atoms with Gasteiger partial charge in [-0.25, -0.2) is 18.1 Å². The van der Waals surface area contributed by atoms with Gasteiger partial charge >= 0.3 is 0 Å². The lowest BCUT2D eigenvalue weighted by Crippen LogP contribution is -2.46. The lowest BCUT2D eigenvalue weighted by Gasteiger charge is -2.16. The van der Waals surface area contributed by atoms with E-state index in [2.05, 4.69) is 15.0 Å². The van der Waals surface area contributed by atoms with Crippen LogP contribution in [0.2, 0.25) is 0 Å². The van der Waals surface area contributed by atoms with Gasteiger partial charge in [-0.3, -0.25) is 4.79 Å². The van der Waals surface area contributed by atoms with E-state index in [9.17, 15) is 13.2 Å². The van der Waals surface area contributed by atoms with Gasteiger partial charge in [-0.1, -0.05) is 0 Å². The summed E-state index contributed by atoms with van der Waals surface area (Å²) in [5.41, 5.74) is 2.45. The molecule has 1 amide bonds. The lowest BCUT2D eigenvalue weighted by molar-refractivity contribution is -0.122. The summed E-state index contributed by atoms with van der Waals surface area (Å²) in [6.45, 7) is 0.309. The molecule has 108 valence electrons. The Hall–Kier alpha value is -0.640. The van der Waals surface area contributed by atoms with Gasteiger partial charge in [0, 0.05) is 5.38 Å². The molecule has 19 heavy (non-hydrogen) atoms. The number of rotatable bonds is 8. The largest absolute Gasteiger partial charge is 0.349 e. The zero-order valence-electron chi connectivity index (χ0n) is 10.8. The summed E-state index contributed by atoms with van der Waals surface area (Å²) in [5.74, 6) is 0.379. The number of nitrogens with zero attached hydrogens (tertiary/aromatic N) is 1. The van der Waals surface area contributed by atoms with Gasteiger partial charge < -0.3 is 5.32 Å². The topological polar surface area (TPSA) is 88.2 Å². The van der Waals surface area contributed by atoms with Crippen LogP contribution >= 0.6 is 23.1 Å². The highest BCUT2D eigenvalue weighted by Gasteiger charge is 2.21. The van der Waals surface area contributed by atoms with E-state index in [-0.39, 0.29) is 5.91 Å². The Morgan fingerprint density at radius 3 is 2.84 bits per heavy atom. The SMILES string of the molecule is CSCC[C@H](NS(C)(=O)=O)C(=O)NCc1cscn1. The van der Waals surface area contributed by atoms with E-state index >= 15 is 0 Å². The molecule has 0 aliphatic carbocycles. The van der Waals surface area contributed by atoms with Crippen LogP contribution in [0.5, 0.6) is 0 Å². The van der Waals surface area contributed by atoms with E-state index in [4.69, 9.17) is 0 Å². The third kappa shape index (κ3) is 6.90. The molecule has 0 bridgehead atoms. The van der Waals surface area contributed by atoms with Crippen molar-refractivity contribution in [1.29, 1.82) is 0 Å². The fraction of sp³-hybridized carbons (Fsp3) is 0.600. The molecule has 9 heteroatoms. The van der Waals surface area contributed by atoms with Gasteiger partial charge in [0.1, 0.15) is 6.04 Å². The van der Waals surface area contributed by atoms with Crippen LogP contribution in [0.1, 0.15) is 12.1 Å². The first kappa shape index (κ1) is 16.4. The van der Waals surface area contributed by atoms with E-state index in [1.54, 1.807) is 17.3 Å². The van der Waals surface area contributed by atoms with Gasteiger partial charge in [0.15, 0.2) is 0 Å². The highest BCUT2D eigenvalue weighted by molar-refractivity contribution is 7.98. The zero-order valence-corrected chi connectivity index (χ0v) is 13.2. The second-order valence-electron chi connectivity index (χ2n) is 3.92. The van der Waals surface area contributed by atoms with E-state index in [1.165, 1.54) is 11.3 Å². The molecule has 0 unspecified atom stereocenters. The number of nitrogens with one attached hydrogen (secondary N) is 2. The van der Waals surface area contributed by atoms with E-state index in [0.717, 1.165) is 11.9 Å². The van der Waals surface area contributed by atoms with Crippen LogP contribution in [-0.4, -0.2) is 43.6 Å². The Balaban J connectivity index is 2.55. The maximum Gasteiger partial charge on any atom is 0.238 e. The maximum absolute atomic E-state index is 12.0. The minimum Gasteiger partial charge on any atom is -0.349 e. The van der Waals surface area contributed by atoms with Crippen molar-refractivity contribution >= 4 is 39.0 Å². The molecule has 0 aliphatic heterocycles. The van der Waals surface area contributed by atoms with Crippen molar-refractivity contribution < 1.29 is 13.2 Å². The van der Waals surface area contributed by atoms with Crippen LogP contribution in [0, 0.1) is 0 Å². The quantitative estimate of drug-likeness (QED) is 0.724. The molecule has 0 saturated carbocycles. The monoisotopic (exact) mass is 323 g/mol. The van der Waals surface area contributed by atoms with Crippen LogP contribution in [0.3, 0.4) is 0 Å². The summed E-state index contributed by atoms with van der Waals surface area (Å²) in [7, 11) is -3.40. The molecule has 0 saturated heterocycles. The minimum absolute atomic E-state index is 0.309.